The van der Waals surface area contributed by atoms with Crippen molar-refractivity contribution >= 4 is 33.6 Å². The summed E-state index contributed by atoms with van der Waals surface area (Å²) in [5.74, 6) is 0. The Balaban J connectivity index is 3.08. The van der Waals surface area contributed by atoms with Crippen LogP contribution in [0.3, 0.4) is 0 Å². The molecule has 1 aromatic carbocycles. The SMILES string of the molecule is Cc1cc(Br)cc(C=CCl)c1. The highest BCUT2D eigenvalue weighted by molar-refractivity contribution is 9.10. The molecular weight excluding hydrogens is 223 g/mol. The van der Waals surface area contributed by atoms with Crippen LogP contribution in [0.25, 0.3) is 6.08 Å². The fourth-order valence-corrected chi connectivity index (χ4v) is 1.70. The molecule has 0 spiro atoms. The van der Waals surface area contributed by atoms with Gasteiger partial charge in [-0.25, -0.2) is 0 Å². The van der Waals surface area contributed by atoms with Gasteiger partial charge >= 0.3 is 0 Å². The second-order valence-electron chi connectivity index (χ2n) is 2.35. The van der Waals surface area contributed by atoms with E-state index in [9.17, 15) is 0 Å². The zero-order valence-electron chi connectivity index (χ0n) is 6.14. The van der Waals surface area contributed by atoms with Gasteiger partial charge in [-0.15, -0.1) is 0 Å². The monoisotopic (exact) mass is 230 g/mol. The molecule has 0 fully saturated rings. The minimum Gasteiger partial charge on any atom is -0.0929 e. The molecule has 0 nitrogen and oxygen atoms in total. The molecule has 0 unspecified atom stereocenters. The molecule has 0 aliphatic rings. The smallest absolute Gasteiger partial charge is 0.0183 e. The molecule has 1 aromatic rings. The Morgan fingerprint density at radius 1 is 1.36 bits per heavy atom. The van der Waals surface area contributed by atoms with Crippen LogP contribution >= 0.6 is 27.5 Å². The van der Waals surface area contributed by atoms with Gasteiger partial charge < -0.3 is 0 Å². The molecule has 0 N–H and O–H groups in total. The molecule has 58 valence electrons. The molecule has 0 aliphatic heterocycles. The predicted molar refractivity (Wildman–Crippen MR) is 53.8 cm³/mol. The van der Waals surface area contributed by atoms with Crippen molar-refractivity contribution in [2.45, 2.75) is 6.92 Å². The van der Waals surface area contributed by atoms with Gasteiger partial charge in [0.15, 0.2) is 0 Å². The van der Waals surface area contributed by atoms with Crippen molar-refractivity contribution in [3.63, 3.8) is 0 Å². The van der Waals surface area contributed by atoms with Crippen LogP contribution in [0.2, 0.25) is 0 Å². The first-order valence-electron chi connectivity index (χ1n) is 3.26. The second kappa shape index (κ2) is 3.93. The molecule has 0 bridgehead atoms. The summed E-state index contributed by atoms with van der Waals surface area (Å²) >= 11 is 8.85. The third-order valence-corrected chi connectivity index (χ3v) is 1.90. The van der Waals surface area contributed by atoms with E-state index in [0.29, 0.717) is 0 Å². The first-order chi connectivity index (χ1) is 5.22. The van der Waals surface area contributed by atoms with Crippen molar-refractivity contribution in [2.24, 2.45) is 0 Å². The highest BCUT2D eigenvalue weighted by atomic mass is 79.9. The van der Waals surface area contributed by atoms with Crippen LogP contribution in [0.1, 0.15) is 11.1 Å². The van der Waals surface area contributed by atoms with E-state index in [2.05, 4.69) is 35.0 Å². The summed E-state index contributed by atoms with van der Waals surface area (Å²) in [5.41, 5.74) is 3.86. The fourth-order valence-electron chi connectivity index (χ4n) is 0.934. The van der Waals surface area contributed by atoms with Crippen molar-refractivity contribution in [3.05, 3.63) is 39.3 Å². The van der Waals surface area contributed by atoms with Crippen LogP contribution in [0.5, 0.6) is 0 Å². The minimum atomic E-state index is 1.09. The van der Waals surface area contributed by atoms with E-state index in [1.807, 2.05) is 12.1 Å². The quantitative estimate of drug-likeness (QED) is 0.686. The lowest BCUT2D eigenvalue weighted by molar-refractivity contribution is 1.44. The van der Waals surface area contributed by atoms with Crippen molar-refractivity contribution < 1.29 is 0 Å². The topological polar surface area (TPSA) is 0 Å². The molecule has 0 aromatic heterocycles. The molecule has 0 atom stereocenters. The van der Waals surface area contributed by atoms with Crippen LogP contribution < -0.4 is 0 Å². The summed E-state index contributed by atoms with van der Waals surface area (Å²) in [6, 6.07) is 6.15. The molecule has 11 heavy (non-hydrogen) atoms. The van der Waals surface area contributed by atoms with Gasteiger partial charge in [0.1, 0.15) is 0 Å². The fraction of sp³-hybridized carbons (Fsp3) is 0.111. The van der Waals surface area contributed by atoms with Crippen molar-refractivity contribution in [1.29, 1.82) is 0 Å². The first kappa shape index (κ1) is 8.82. The zero-order chi connectivity index (χ0) is 8.27. The largest absolute Gasteiger partial charge is 0.0929 e. The summed E-state index contributed by atoms with van der Waals surface area (Å²) in [6.45, 7) is 2.05. The van der Waals surface area contributed by atoms with E-state index in [1.165, 1.54) is 11.1 Å². The molecule has 0 amide bonds. The molecule has 0 saturated heterocycles. The molecule has 0 saturated carbocycles. The number of benzene rings is 1. The van der Waals surface area contributed by atoms with E-state index in [4.69, 9.17) is 11.6 Å². The Labute approximate surface area is 80.0 Å². The van der Waals surface area contributed by atoms with Gasteiger partial charge in [-0.2, -0.15) is 0 Å². The van der Waals surface area contributed by atoms with Gasteiger partial charge in [-0.1, -0.05) is 33.6 Å². The molecule has 2 heteroatoms. The van der Waals surface area contributed by atoms with Gasteiger partial charge in [0.2, 0.25) is 0 Å². The average Bonchev–Trinajstić information content (AvgIpc) is 1.85. The third kappa shape index (κ3) is 2.68. The van der Waals surface area contributed by atoms with Crippen LogP contribution in [0.15, 0.2) is 28.2 Å². The molecule has 1 rings (SSSR count). The maximum Gasteiger partial charge on any atom is 0.0183 e. The molecule has 0 aliphatic carbocycles. The van der Waals surface area contributed by atoms with E-state index >= 15 is 0 Å². The van der Waals surface area contributed by atoms with Gasteiger partial charge in [0.05, 0.1) is 0 Å². The Hall–Kier alpha value is -0.270. The molecule has 0 heterocycles. The highest BCUT2D eigenvalue weighted by Gasteiger charge is 1.91. The van der Waals surface area contributed by atoms with Crippen LogP contribution in [0, 0.1) is 6.92 Å². The zero-order valence-corrected chi connectivity index (χ0v) is 8.48. The average molecular weight is 232 g/mol. The summed E-state index contributed by atoms with van der Waals surface area (Å²) in [7, 11) is 0. The van der Waals surface area contributed by atoms with Crippen LogP contribution in [-0.4, -0.2) is 0 Å². The van der Waals surface area contributed by atoms with Gasteiger partial charge in [-0.05, 0) is 36.3 Å². The maximum atomic E-state index is 5.44. The van der Waals surface area contributed by atoms with E-state index in [-0.39, 0.29) is 0 Å². The second-order valence-corrected chi connectivity index (χ2v) is 3.52. The summed E-state index contributed by atoms with van der Waals surface area (Å²) in [6.07, 6.45) is 1.86. The summed E-state index contributed by atoms with van der Waals surface area (Å²) in [4.78, 5) is 0. The number of hydrogen-bond acceptors (Lipinski definition) is 0. The standard InChI is InChI=1S/C9H8BrCl/c1-7-4-8(2-3-11)6-9(10)5-7/h2-6H,1H3. The van der Waals surface area contributed by atoms with Crippen molar-refractivity contribution in [1.82, 2.24) is 0 Å². The normalized spacial score (nSPS) is 10.8. The van der Waals surface area contributed by atoms with Gasteiger partial charge in [0, 0.05) is 10.0 Å². The van der Waals surface area contributed by atoms with Crippen molar-refractivity contribution in [3.8, 4) is 0 Å². The number of aryl methyl sites for hydroxylation is 1. The molecular formula is C9H8BrCl. The third-order valence-electron chi connectivity index (χ3n) is 1.32. The summed E-state index contributed by atoms with van der Waals surface area (Å²) in [5, 5.41) is 0. The maximum absolute atomic E-state index is 5.44. The van der Waals surface area contributed by atoms with Gasteiger partial charge in [-0.3, -0.25) is 0 Å². The first-order valence-corrected chi connectivity index (χ1v) is 4.49. The van der Waals surface area contributed by atoms with E-state index in [1.54, 1.807) is 0 Å². The van der Waals surface area contributed by atoms with Crippen molar-refractivity contribution in [2.75, 3.05) is 0 Å². The highest BCUT2D eigenvalue weighted by Crippen LogP contribution is 2.16. The Morgan fingerprint density at radius 2 is 2.09 bits per heavy atom. The van der Waals surface area contributed by atoms with E-state index < -0.39 is 0 Å². The number of rotatable bonds is 1. The summed E-state index contributed by atoms with van der Waals surface area (Å²) < 4.78 is 1.09. The lowest BCUT2D eigenvalue weighted by atomic mass is 10.1. The number of hydrogen-bond donors (Lipinski definition) is 0. The Kier molecular flexibility index (Phi) is 3.16. The Morgan fingerprint density at radius 3 is 2.64 bits per heavy atom. The Bertz CT molecular complexity index is 259. The molecule has 0 radical (unpaired) electrons. The lowest BCUT2D eigenvalue weighted by Crippen LogP contribution is -1.75. The minimum absolute atomic E-state index is 1.09. The lowest BCUT2D eigenvalue weighted by Gasteiger charge is -1.97. The number of halogens is 2. The predicted octanol–water partition coefficient (Wildman–Crippen LogP) is 3.97. The van der Waals surface area contributed by atoms with Crippen LogP contribution in [-0.2, 0) is 0 Å². The van der Waals surface area contributed by atoms with E-state index in [0.717, 1.165) is 10.0 Å². The van der Waals surface area contributed by atoms with Gasteiger partial charge in [0.25, 0.3) is 0 Å². The van der Waals surface area contributed by atoms with Crippen LogP contribution in [0.4, 0.5) is 0 Å².